The van der Waals surface area contributed by atoms with Crippen molar-refractivity contribution in [1.29, 1.82) is 0 Å². The van der Waals surface area contributed by atoms with Crippen molar-refractivity contribution >= 4 is 11.8 Å². The summed E-state index contributed by atoms with van der Waals surface area (Å²) in [6.45, 7) is 6.59. The van der Waals surface area contributed by atoms with Crippen LogP contribution in [0.5, 0.6) is 0 Å². The van der Waals surface area contributed by atoms with E-state index in [-0.39, 0.29) is 11.8 Å². The van der Waals surface area contributed by atoms with Crippen molar-refractivity contribution < 1.29 is 9.59 Å². The molecule has 0 aliphatic carbocycles. The summed E-state index contributed by atoms with van der Waals surface area (Å²) in [5.41, 5.74) is 2.28. The molecule has 2 fully saturated rings. The molecule has 4 nitrogen and oxygen atoms in total. The van der Waals surface area contributed by atoms with Gasteiger partial charge in [-0.15, -0.1) is 0 Å². The minimum absolute atomic E-state index is 0.102. The standard InChI is InChI=1S/C22H32N2O2/c1-3-20-6-4-5-13-24(20)22(26)19-11-14-23(15-12-19)21(25)16-18-9-7-17(2)8-10-18/h7-10,19-20H,3-6,11-16H2,1-2H3. The van der Waals surface area contributed by atoms with Gasteiger partial charge in [0.2, 0.25) is 11.8 Å². The number of nitrogens with zero attached hydrogens (tertiary/aromatic N) is 2. The quantitative estimate of drug-likeness (QED) is 0.827. The van der Waals surface area contributed by atoms with E-state index in [2.05, 4.69) is 30.9 Å². The van der Waals surface area contributed by atoms with E-state index in [0.29, 0.717) is 31.5 Å². The highest BCUT2D eigenvalue weighted by atomic mass is 16.2. The molecule has 26 heavy (non-hydrogen) atoms. The summed E-state index contributed by atoms with van der Waals surface area (Å²) in [4.78, 5) is 29.6. The summed E-state index contributed by atoms with van der Waals surface area (Å²) in [6.07, 6.45) is 6.67. The Morgan fingerprint density at radius 3 is 2.35 bits per heavy atom. The van der Waals surface area contributed by atoms with Crippen LogP contribution in [-0.4, -0.2) is 47.3 Å². The fourth-order valence-corrected chi connectivity index (χ4v) is 4.32. The van der Waals surface area contributed by atoms with Gasteiger partial charge in [-0.25, -0.2) is 0 Å². The van der Waals surface area contributed by atoms with E-state index in [4.69, 9.17) is 0 Å². The van der Waals surface area contributed by atoms with Crippen molar-refractivity contribution in [2.24, 2.45) is 5.92 Å². The summed E-state index contributed by atoms with van der Waals surface area (Å²) in [5, 5.41) is 0. The van der Waals surface area contributed by atoms with Gasteiger partial charge < -0.3 is 9.80 Å². The third-order valence-corrected chi connectivity index (χ3v) is 6.05. The number of amides is 2. The molecule has 1 aromatic rings. The number of rotatable bonds is 4. The lowest BCUT2D eigenvalue weighted by Gasteiger charge is -2.39. The lowest BCUT2D eigenvalue weighted by Crippen LogP contribution is -2.49. The average Bonchev–Trinajstić information content (AvgIpc) is 2.69. The number of hydrogen-bond donors (Lipinski definition) is 0. The largest absolute Gasteiger partial charge is 0.342 e. The first-order valence-electron chi connectivity index (χ1n) is 10.2. The SMILES string of the molecule is CCC1CCCCN1C(=O)C1CCN(C(=O)Cc2ccc(C)cc2)CC1. The van der Waals surface area contributed by atoms with E-state index in [1.54, 1.807) is 0 Å². The van der Waals surface area contributed by atoms with Crippen molar-refractivity contribution in [3.8, 4) is 0 Å². The van der Waals surface area contributed by atoms with E-state index in [1.165, 1.54) is 12.0 Å². The molecule has 0 N–H and O–H groups in total. The van der Waals surface area contributed by atoms with Crippen LogP contribution in [0.2, 0.25) is 0 Å². The van der Waals surface area contributed by atoms with Crippen LogP contribution >= 0.6 is 0 Å². The van der Waals surface area contributed by atoms with Crippen LogP contribution in [0.4, 0.5) is 0 Å². The van der Waals surface area contributed by atoms with Gasteiger partial charge in [-0.2, -0.15) is 0 Å². The number of aryl methyl sites for hydroxylation is 1. The molecule has 2 saturated heterocycles. The summed E-state index contributed by atoms with van der Waals surface area (Å²) in [7, 11) is 0. The first-order valence-corrected chi connectivity index (χ1v) is 10.2. The van der Waals surface area contributed by atoms with Gasteiger partial charge in [0.05, 0.1) is 6.42 Å². The molecule has 4 heteroatoms. The highest BCUT2D eigenvalue weighted by Gasteiger charge is 2.33. The van der Waals surface area contributed by atoms with E-state index in [0.717, 1.165) is 44.2 Å². The van der Waals surface area contributed by atoms with Crippen LogP contribution < -0.4 is 0 Å². The summed E-state index contributed by atoms with van der Waals surface area (Å²) in [6, 6.07) is 8.60. The Bertz CT molecular complexity index is 618. The third kappa shape index (κ3) is 4.46. The molecule has 1 unspecified atom stereocenters. The Labute approximate surface area is 157 Å². The number of hydrogen-bond acceptors (Lipinski definition) is 2. The van der Waals surface area contributed by atoms with E-state index >= 15 is 0 Å². The Balaban J connectivity index is 1.51. The molecular weight excluding hydrogens is 324 g/mol. The zero-order valence-corrected chi connectivity index (χ0v) is 16.2. The van der Waals surface area contributed by atoms with Gasteiger partial charge in [-0.3, -0.25) is 9.59 Å². The van der Waals surface area contributed by atoms with Gasteiger partial charge in [0, 0.05) is 31.6 Å². The minimum atomic E-state index is 0.102. The van der Waals surface area contributed by atoms with Crippen LogP contribution in [0.1, 0.15) is 56.6 Å². The number of piperidine rings is 2. The molecule has 142 valence electrons. The van der Waals surface area contributed by atoms with Crippen LogP contribution in [0, 0.1) is 12.8 Å². The van der Waals surface area contributed by atoms with E-state index < -0.39 is 0 Å². The highest BCUT2D eigenvalue weighted by molar-refractivity contribution is 5.81. The predicted octanol–water partition coefficient (Wildman–Crippen LogP) is 3.57. The Morgan fingerprint density at radius 2 is 1.69 bits per heavy atom. The maximum atomic E-state index is 12.9. The van der Waals surface area contributed by atoms with Crippen LogP contribution in [-0.2, 0) is 16.0 Å². The van der Waals surface area contributed by atoms with Gasteiger partial charge in [0.25, 0.3) is 0 Å². The van der Waals surface area contributed by atoms with Crippen LogP contribution in [0.25, 0.3) is 0 Å². The zero-order valence-electron chi connectivity index (χ0n) is 16.2. The molecular formula is C22H32N2O2. The molecule has 2 aliphatic heterocycles. The number of likely N-dealkylation sites (tertiary alicyclic amines) is 2. The lowest BCUT2D eigenvalue weighted by atomic mass is 9.91. The molecule has 0 radical (unpaired) electrons. The summed E-state index contributed by atoms with van der Waals surface area (Å²) in [5.74, 6) is 0.622. The molecule has 0 bridgehead atoms. The smallest absolute Gasteiger partial charge is 0.226 e. The maximum Gasteiger partial charge on any atom is 0.226 e. The Morgan fingerprint density at radius 1 is 1.00 bits per heavy atom. The average molecular weight is 357 g/mol. The van der Waals surface area contributed by atoms with Gasteiger partial charge in [0.1, 0.15) is 0 Å². The molecule has 0 aromatic heterocycles. The van der Waals surface area contributed by atoms with Gasteiger partial charge >= 0.3 is 0 Å². The molecule has 3 rings (SSSR count). The van der Waals surface area contributed by atoms with Gasteiger partial charge in [0.15, 0.2) is 0 Å². The molecule has 2 heterocycles. The maximum absolute atomic E-state index is 12.9. The lowest BCUT2D eigenvalue weighted by molar-refractivity contribution is -0.143. The Hall–Kier alpha value is -1.84. The molecule has 0 saturated carbocycles. The van der Waals surface area contributed by atoms with Crippen LogP contribution in [0.15, 0.2) is 24.3 Å². The van der Waals surface area contributed by atoms with Gasteiger partial charge in [-0.05, 0) is 51.0 Å². The number of carbonyl (C=O) groups excluding carboxylic acids is 2. The van der Waals surface area contributed by atoms with Crippen molar-refractivity contribution in [1.82, 2.24) is 9.80 Å². The third-order valence-electron chi connectivity index (χ3n) is 6.05. The summed E-state index contributed by atoms with van der Waals surface area (Å²) >= 11 is 0. The minimum Gasteiger partial charge on any atom is -0.342 e. The van der Waals surface area contributed by atoms with E-state index in [9.17, 15) is 9.59 Å². The number of carbonyl (C=O) groups is 2. The highest BCUT2D eigenvalue weighted by Crippen LogP contribution is 2.26. The van der Waals surface area contributed by atoms with Crippen molar-refractivity contribution in [3.05, 3.63) is 35.4 Å². The first-order chi connectivity index (χ1) is 12.6. The first kappa shape index (κ1) is 18.9. The second kappa shape index (κ2) is 8.70. The predicted molar refractivity (Wildman–Crippen MR) is 104 cm³/mol. The molecule has 2 aliphatic rings. The monoisotopic (exact) mass is 356 g/mol. The van der Waals surface area contributed by atoms with Crippen molar-refractivity contribution in [2.75, 3.05) is 19.6 Å². The van der Waals surface area contributed by atoms with Gasteiger partial charge in [-0.1, -0.05) is 36.8 Å². The van der Waals surface area contributed by atoms with Crippen molar-refractivity contribution in [3.63, 3.8) is 0 Å². The zero-order chi connectivity index (χ0) is 18.5. The fourth-order valence-electron chi connectivity index (χ4n) is 4.32. The van der Waals surface area contributed by atoms with Crippen molar-refractivity contribution in [2.45, 2.75) is 64.8 Å². The number of benzene rings is 1. The fraction of sp³-hybridized carbons (Fsp3) is 0.636. The molecule has 0 spiro atoms. The Kier molecular flexibility index (Phi) is 6.33. The second-order valence-electron chi connectivity index (χ2n) is 7.91. The van der Waals surface area contributed by atoms with E-state index in [1.807, 2.05) is 17.0 Å². The van der Waals surface area contributed by atoms with Crippen LogP contribution in [0.3, 0.4) is 0 Å². The normalized spacial score (nSPS) is 21.7. The topological polar surface area (TPSA) is 40.6 Å². The molecule has 1 atom stereocenters. The second-order valence-corrected chi connectivity index (χ2v) is 7.91. The summed E-state index contributed by atoms with van der Waals surface area (Å²) < 4.78 is 0. The molecule has 1 aromatic carbocycles. The molecule has 2 amide bonds.